The second-order valence-corrected chi connectivity index (χ2v) is 12.3. The summed E-state index contributed by atoms with van der Waals surface area (Å²) >= 11 is 0. The number of nitrogens with one attached hydrogen (secondary N) is 2. The number of anilines is 1. The Morgan fingerprint density at radius 2 is 1.79 bits per heavy atom. The van der Waals surface area contributed by atoms with Gasteiger partial charge in [0.15, 0.2) is 0 Å². The van der Waals surface area contributed by atoms with Crippen molar-refractivity contribution in [1.82, 2.24) is 4.72 Å². The minimum absolute atomic E-state index is 0.107. The van der Waals surface area contributed by atoms with Crippen molar-refractivity contribution in [2.75, 3.05) is 5.32 Å². The third-order valence-corrected chi connectivity index (χ3v) is 9.03. The van der Waals surface area contributed by atoms with Crippen molar-refractivity contribution in [1.29, 1.82) is 0 Å². The van der Waals surface area contributed by atoms with E-state index < -0.39 is 27.8 Å². The summed E-state index contributed by atoms with van der Waals surface area (Å²) in [6.07, 6.45) is 3.77. The van der Waals surface area contributed by atoms with Crippen LogP contribution in [0, 0.1) is 0 Å². The van der Waals surface area contributed by atoms with Crippen LogP contribution in [0.3, 0.4) is 0 Å². The Labute approximate surface area is 224 Å². The zero-order chi connectivity index (χ0) is 27.1. The van der Waals surface area contributed by atoms with Crippen LogP contribution < -0.4 is 14.8 Å². The third kappa shape index (κ3) is 5.08. The van der Waals surface area contributed by atoms with Gasteiger partial charge in [-0.1, -0.05) is 31.2 Å². The van der Waals surface area contributed by atoms with E-state index >= 15 is 0 Å². The van der Waals surface area contributed by atoms with Gasteiger partial charge in [0, 0.05) is 16.8 Å². The van der Waals surface area contributed by atoms with Crippen molar-refractivity contribution in [2.45, 2.75) is 75.5 Å². The summed E-state index contributed by atoms with van der Waals surface area (Å²) in [6.45, 7) is 5.41. The lowest BCUT2D eigenvalue weighted by Gasteiger charge is -2.42. The van der Waals surface area contributed by atoms with E-state index in [0.717, 1.165) is 43.4 Å². The number of amides is 1. The molecule has 3 N–H and O–H groups in total. The molecule has 3 aromatic carbocycles. The average molecular weight is 535 g/mol. The maximum Gasteiger partial charge on any atom is 0.255 e. The zero-order valence-electron chi connectivity index (χ0n) is 22.0. The number of benzene rings is 3. The van der Waals surface area contributed by atoms with Gasteiger partial charge >= 0.3 is 0 Å². The summed E-state index contributed by atoms with van der Waals surface area (Å²) in [4.78, 5) is 13.4. The van der Waals surface area contributed by atoms with Gasteiger partial charge in [0.2, 0.25) is 10.0 Å². The molecule has 0 saturated heterocycles. The van der Waals surface area contributed by atoms with Crippen LogP contribution in [0.25, 0.3) is 0 Å². The van der Waals surface area contributed by atoms with E-state index in [0.29, 0.717) is 16.9 Å². The number of ether oxygens (including phenoxy) is 1. The summed E-state index contributed by atoms with van der Waals surface area (Å²) in [5, 5.41) is 14.2. The van der Waals surface area contributed by atoms with Crippen molar-refractivity contribution in [3.05, 3.63) is 88.5 Å². The molecule has 5 rings (SSSR count). The molecule has 200 valence electrons. The van der Waals surface area contributed by atoms with Crippen LogP contribution in [0.4, 0.5) is 5.69 Å². The van der Waals surface area contributed by atoms with Gasteiger partial charge in [-0.25, -0.2) is 13.1 Å². The van der Waals surface area contributed by atoms with Gasteiger partial charge in [-0.2, -0.15) is 0 Å². The number of aryl methyl sites for hydroxylation is 2. The summed E-state index contributed by atoms with van der Waals surface area (Å²) in [6, 6.07) is 16.6. The predicted octanol–water partition coefficient (Wildman–Crippen LogP) is 4.93. The molecular weight excluding hydrogens is 500 g/mol. The number of aliphatic hydroxyl groups excluding tert-OH is 1. The van der Waals surface area contributed by atoms with Crippen LogP contribution >= 0.6 is 0 Å². The fraction of sp³-hybridized carbons (Fsp3) is 0.367. The largest absolute Gasteiger partial charge is 0.485 e. The summed E-state index contributed by atoms with van der Waals surface area (Å²) in [5.74, 6) is 0.117. The maximum absolute atomic E-state index is 13.3. The highest BCUT2D eigenvalue weighted by molar-refractivity contribution is 7.89. The van der Waals surface area contributed by atoms with E-state index in [1.54, 1.807) is 56.3 Å². The lowest BCUT2D eigenvalue weighted by atomic mass is 9.86. The standard InChI is InChI=1S/C30H34N2O5S/c1-4-19-12-15-22(16-13-19)38(35,36)32-27-24-18-21(14-17-26(24)37-30(2,3)28(27)33)29(34)31-25-11-7-9-20-8-5-6-10-23(20)25/h7,9,11-18,27-28,32-33H,4-6,8,10H2,1-3H3,(H,31,34). The molecule has 0 radical (unpaired) electrons. The molecule has 1 aliphatic heterocycles. The van der Waals surface area contributed by atoms with Crippen molar-refractivity contribution in [3.8, 4) is 5.75 Å². The smallest absolute Gasteiger partial charge is 0.255 e. The molecule has 0 fully saturated rings. The van der Waals surface area contributed by atoms with Crippen LogP contribution in [-0.4, -0.2) is 31.1 Å². The molecule has 38 heavy (non-hydrogen) atoms. The summed E-state index contributed by atoms with van der Waals surface area (Å²) in [5.41, 5.74) is 3.97. The van der Waals surface area contributed by atoms with Crippen molar-refractivity contribution >= 4 is 21.6 Å². The number of carbonyl (C=O) groups excluding carboxylic acids is 1. The molecular formula is C30H34N2O5S. The van der Waals surface area contributed by atoms with Gasteiger partial charge in [0.05, 0.1) is 10.9 Å². The molecule has 3 aromatic rings. The maximum atomic E-state index is 13.3. The number of hydrogen-bond donors (Lipinski definition) is 3. The average Bonchev–Trinajstić information content (AvgIpc) is 2.91. The van der Waals surface area contributed by atoms with Crippen molar-refractivity contribution < 1.29 is 23.1 Å². The molecule has 7 nitrogen and oxygen atoms in total. The van der Waals surface area contributed by atoms with Crippen LogP contribution in [-0.2, 0) is 29.3 Å². The number of fused-ring (bicyclic) bond motifs is 2. The van der Waals surface area contributed by atoms with E-state index in [1.807, 2.05) is 19.1 Å². The van der Waals surface area contributed by atoms with Crippen LogP contribution in [0.1, 0.15) is 72.3 Å². The minimum Gasteiger partial charge on any atom is -0.485 e. The highest BCUT2D eigenvalue weighted by atomic mass is 32.2. The first-order valence-corrected chi connectivity index (χ1v) is 14.6. The minimum atomic E-state index is -3.97. The second kappa shape index (κ2) is 10.2. The van der Waals surface area contributed by atoms with E-state index in [9.17, 15) is 18.3 Å². The van der Waals surface area contributed by atoms with E-state index in [-0.39, 0.29) is 10.8 Å². The quantitative estimate of drug-likeness (QED) is 0.416. The Morgan fingerprint density at radius 3 is 2.53 bits per heavy atom. The molecule has 1 aliphatic carbocycles. The molecule has 2 atom stereocenters. The van der Waals surface area contributed by atoms with Gasteiger partial charge in [-0.3, -0.25) is 4.79 Å². The van der Waals surface area contributed by atoms with Gasteiger partial charge in [0.1, 0.15) is 17.5 Å². The first kappa shape index (κ1) is 26.4. The lowest BCUT2D eigenvalue weighted by molar-refractivity contribution is -0.0603. The third-order valence-electron chi connectivity index (χ3n) is 7.58. The van der Waals surface area contributed by atoms with E-state index in [4.69, 9.17) is 4.74 Å². The highest BCUT2D eigenvalue weighted by Crippen LogP contribution is 2.41. The van der Waals surface area contributed by atoms with Crippen LogP contribution in [0.2, 0.25) is 0 Å². The second-order valence-electron chi connectivity index (χ2n) is 10.6. The molecule has 0 saturated carbocycles. The first-order valence-electron chi connectivity index (χ1n) is 13.1. The summed E-state index contributed by atoms with van der Waals surface area (Å²) in [7, 11) is -3.97. The number of rotatable bonds is 6. The Morgan fingerprint density at radius 1 is 1.05 bits per heavy atom. The Hall–Kier alpha value is -3.20. The number of aliphatic hydroxyl groups is 1. The zero-order valence-corrected chi connectivity index (χ0v) is 22.8. The molecule has 8 heteroatoms. The van der Waals surface area contributed by atoms with Gasteiger partial charge in [-0.05, 0) is 99.0 Å². The van der Waals surface area contributed by atoms with E-state index in [2.05, 4.69) is 16.1 Å². The van der Waals surface area contributed by atoms with Crippen LogP contribution in [0.15, 0.2) is 65.6 Å². The predicted molar refractivity (Wildman–Crippen MR) is 147 cm³/mol. The fourth-order valence-corrected chi connectivity index (χ4v) is 6.52. The SMILES string of the molecule is CCc1ccc(S(=O)(=O)NC2c3cc(C(=O)Nc4cccc5c4CCCC5)ccc3OC(C)(C)C2O)cc1. The molecule has 0 aromatic heterocycles. The Kier molecular flexibility index (Phi) is 7.07. The Balaban J connectivity index is 1.46. The number of sulfonamides is 1. The molecule has 2 unspecified atom stereocenters. The topological polar surface area (TPSA) is 105 Å². The number of hydrogen-bond acceptors (Lipinski definition) is 5. The van der Waals surface area contributed by atoms with Crippen molar-refractivity contribution in [2.24, 2.45) is 0 Å². The lowest BCUT2D eigenvalue weighted by Crippen LogP contribution is -2.53. The first-order chi connectivity index (χ1) is 18.1. The highest BCUT2D eigenvalue weighted by Gasteiger charge is 2.45. The molecule has 1 heterocycles. The molecule has 0 spiro atoms. The Bertz CT molecular complexity index is 1460. The van der Waals surface area contributed by atoms with Crippen LogP contribution in [0.5, 0.6) is 5.75 Å². The molecule has 2 aliphatic rings. The van der Waals surface area contributed by atoms with Crippen molar-refractivity contribution in [3.63, 3.8) is 0 Å². The van der Waals surface area contributed by atoms with Gasteiger partial charge in [-0.15, -0.1) is 0 Å². The number of carbonyl (C=O) groups is 1. The monoisotopic (exact) mass is 534 g/mol. The fourth-order valence-electron chi connectivity index (χ4n) is 5.30. The molecule has 0 bridgehead atoms. The normalized spacial score (nSPS) is 20.1. The summed E-state index contributed by atoms with van der Waals surface area (Å²) < 4.78 is 35.3. The van der Waals surface area contributed by atoms with Gasteiger partial charge in [0.25, 0.3) is 5.91 Å². The van der Waals surface area contributed by atoms with E-state index in [1.165, 1.54) is 11.1 Å². The van der Waals surface area contributed by atoms with Gasteiger partial charge < -0.3 is 15.2 Å². The molecule has 1 amide bonds.